The first-order chi connectivity index (χ1) is 8.22. The number of benzene rings is 2. The van der Waals surface area contributed by atoms with Crippen molar-refractivity contribution in [2.45, 2.75) is 6.54 Å². The molecule has 18 heavy (non-hydrogen) atoms. The van der Waals surface area contributed by atoms with E-state index >= 15 is 0 Å². The van der Waals surface area contributed by atoms with Crippen molar-refractivity contribution in [1.82, 2.24) is 0 Å². The van der Waals surface area contributed by atoms with Crippen LogP contribution in [0.5, 0.6) is 5.75 Å². The minimum Gasteiger partial charge on any atom is -0.497 e. The van der Waals surface area contributed by atoms with E-state index in [9.17, 15) is 0 Å². The first-order valence-corrected chi connectivity index (χ1v) is 6.16. The van der Waals surface area contributed by atoms with E-state index in [-0.39, 0.29) is 12.4 Å². The van der Waals surface area contributed by atoms with Crippen LogP contribution in [-0.2, 0) is 6.54 Å². The predicted octanol–water partition coefficient (Wildman–Crippen LogP) is 4.01. The number of rotatable bonds is 3. The van der Waals surface area contributed by atoms with Crippen LogP contribution in [-0.4, -0.2) is 7.11 Å². The molecule has 0 aliphatic rings. The van der Waals surface area contributed by atoms with E-state index in [1.54, 1.807) is 7.11 Å². The maximum absolute atomic E-state index is 5.68. The average molecular weight is 329 g/mol. The minimum absolute atomic E-state index is 0. The molecule has 2 nitrogen and oxygen atoms in total. The normalized spacial score (nSPS) is 9.72. The summed E-state index contributed by atoms with van der Waals surface area (Å²) in [5, 5.41) is 0. The molecular formula is C14H15BrClNO. The van der Waals surface area contributed by atoms with Crippen molar-refractivity contribution < 1.29 is 4.74 Å². The molecule has 0 aliphatic carbocycles. The van der Waals surface area contributed by atoms with Crippen molar-refractivity contribution in [2.75, 3.05) is 7.11 Å². The molecule has 96 valence electrons. The highest BCUT2D eigenvalue weighted by Crippen LogP contribution is 2.27. The van der Waals surface area contributed by atoms with Crippen molar-refractivity contribution >= 4 is 28.3 Å². The number of nitrogens with two attached hydrogens (primary N) is 1. The molecule has 0 aromatic heterocycles. The molecule has 0 aliphatic heterocycles. The molecule has 0 bridgehead atoms. The molecular weight excluding hydrogens is 314 g/mol. The van der Waals surface area contributed by atoms with E-state index in [1.165, 1.54) is 0 Å². The van der Waals surface area contributed by atoms with Gasteiger partial charge < -0.3 is 10.5 Å². The summed E-state index contributed by atoms with van der Waals surface area (Å²) < 4.78 is 6.27. The zero-order chi connectivity index (χ0) is 12.3. The van der Waals surface area contributed by atoms with Crippen molar-refractivity contribution in [2.24, 2.45) is 5.73 Å². The SMILES string of the molecule is COc1cccc(-c2cc(Br)cc(CN)c2)c1.Cl. The second-order valence-corrected chi connectivity index (χ2v) is 4.70. The fourth-order valence-corrected chi connectivity index (χ4v) is 2.28. The zero-order valence-electron chi connectivity index (χ0n) is 10.0. The Kier molecular flexibility index (Phi) is 5.66. The molecule has 0 radical (unpaired) electrons. The quantitative estimate of drug-likeness (QED) is 0.924. The number of halogens is 2. The third-order valence-corrected chi connectivity index (χ3v) is 3.05. The second kappa shape index (κ2) is 6.78. The van der Waals surface area contributed by atoms with Gasteiger partial charge in [-0.1, -0.05) is 28.1 Å². The van der Waals surface area contributed by atoms with Crippen molar-refractivity contribution in [3.8, 4) is 16.9 Å². The standard InChI is InChI=1S/C14H14BrNO.ClH/c1-17-14-4-2-3-11(8-14)12-5-10(9-16)6-13(15)7-12;/h2-8H,9,16H2,1H3;1H. The summed E-state index contributed by atoms with van der Waals surface area (Å²) in [4.78, 5) is 0. The summed E-state index contributed by atoms with van der Waals surface area (Å²) >= 11 is 3.50. The van der Waals surface area contributed by atoms with Crippen LogP contribution >= 0.6 is 28.3 Å². The highest BCUT2D eigenvalue weighted by Gasteiger charge is 2.02. The molecule has 0 atom stereocenters. The van der Waals surface area contributed by atoms with Gasteiger partial charge in [-0.25, -0.2) is 0 Å². The summed E-state index contributed by atoms with van der Waals surface area (Å²) in [6, 6.07) is 14.2. The maximum atomic E-state index is 5.68. The first kappa shape index (κ1) is 15.0. The van der Waals surface area contributed by atoms with Gasteiger partial charge >= 0.3 is 0 Å². The Balaban J connectivity index is 0.00000162. The molecule has 0 saturated heterocycles. The van der Waals surface area contributed by atoms with Crippen LogP contribution in [0.25, 0.3) is 11.1 Å². The van der Waals surface area contributed by atoms with Crippen LogP contribution in [0, 0.1) is 0 Å². The third kappa shape index (κ3) is 3.48. The van der Waals surface area contributed by atoms with E-state index in [4.69, 9.17) is 10.5 Å². The molecule has 4 heteroatoms. The van der Waals surface area contributed by atoms with Gasteiger partial charge in [-0.05, 0) is 47.0 Å². The predicted molar refractivity (Wildman–Crippen MR) is 81.3 cm³/mol. The van der Waals surface area contributed by atoms with Gasteiger partial charge in [-0.15, -0.1) is 12.4 Å². The molecule has 2 rings (SSSR count). The molecule has 0 heterocycles. The average Bonchev–Trinajstić information content (AvgIpc) is 2.38. The van der Waals surface area contributed by atoms with Gasteiger partial charge in [0.25, 0.3) is 0 Å². The van der Waals surface area contributed by atoms with E-state index in [1.807, 2.05) is 24.3 Å². The molecule has 0 saturated carbocycles. The van der Waals surface area contributed by atoms with Gasteiger partial charge in [0.1, 0.15) is 5.75 Å². The summed E-state index contributed by atoms with van der Waals surface area (Å²) in [6.07, 6.45) is 0. The second-order valence-electron chi connectivity index (χ2n) is 3.78. The Labute approximate surface area is 122 Å². The summed E-state index contributed by atoms with van der Waals surface area (Å²) in [7, 11) is 1.67. The smallest absolute Gasteiger partial charge is 0.119 e. The number of hydrogen-bond acceptors (Lipinski definition) is 2. The van der Waals surface area contributed by atoms with Crippen LogP contribution < -0.4 is 10.5 Å². The van der Waals surface area contributed by atoms with E-state index in [2.05, 4.69) is 34.1 Å². The van der Waals surface area contributed by atoms with Crippen molar-refractivity contribution in [3.05, 3.63) is 52.5 Å². The zero-order valence-corrected chi connectivity index (χ0v) is 12.4. The van der Waals surface area contributed by atoms with Crippen LogP contribution in [0.4, 0.5) is 0 Å². The molecule has 0 fully saturated rings. The topological polar surface area (TPSA) is 35.2 Å². The van der Waals surface area contributed by atoms with E-state index in [0.717, 1.165) is 26.9 Å². The Hall–Kier alpha value is -1.03. The van der Waals surface area contributed by atoms with Gasteiger partial charge in [0.05, 0.1) is 7.11 Å². The molecule has 2 aromatic carbocycles. The lowest BCUT2D eigenvalue weighted by molar-refractivity contribution is 0.415. The summed E-state index contributed by atoms with van der Waals surface area (Å²) in [5.41, 5.74) is 9.05. The Morgan fingerprint density at radius 1 is 1.11 bits per heavy atom. The highest BCUT2D eigenvalue weighted by atomic mass is 79.9. The largest absolute Gasteiger partial charge is 0.497 e. The van der Waals surface area contributed by atoms with Crippen molar-refractivity contribution in [3.63, 3.8) is 0 Å². The fourth-order valence-electron chi connectivity index (χ4n) is 1.74. The number of methoxy groups -OCH3 is 1. The van der Waals surface area contributed by atoms with Crippen LogP contribution in [0.15, 0.2) is 46.9 Å². The fraction of sp³-hybridized carbons (Fsp3) is 0.143. The van der Waals surface area contributed by atoms with E-state index < -0.39 is 0 Å². The van der Waals surface area contributed by atoms with Gasteiger partial charge in [-0.2, -0.15) is 0 Å². The van der Waals surface area contributed by atoms with Gasteiger partial charge in [0.15, 0.2) is 0 Å². The van der Waals surface area contributed by atoms with E-state index in [0.29, 0.717) is 6.54 Å². The Bertz CT molecular complexity index is 531. The van der Waals surface area contributed by atoms with Crippen molar-refractivity contribution in [1.29, 1.82) is 0 Å². The van der Waals surface area contributed by atoms with Gasteiger partial charge in [-0.3, -0.25) is 0 Å². The molecule has 2 aromatic rings. The lowest BCUT2D eigenvalue weighted by Crippen LogP contribution is -1.96. The molecule has 0 amide bonds. The lowest BCUT2D eigenvalue weighted by Gasteiger charge is -2.07. The maximum Gasteiger partial charge on any atom is 0.119 e. The van der Waals surface area contributed by atoms with Crippen LogP contribution in [0.2, 0.25) is 0 Å². The Morgan fingerprint density at radius 3 is 2.56 bits per heavy atom. The molecule has 0 unspecified atom stereocenters. The minimum atomic E-state index is 0. The van der Waals surface area contributed by atoms with Gasteiger partial charge in [0, 0.05) is 11.0 Å². The Morgan fingerprint density at radius 2 is 1.89 bits per heavy atom. The van der Waals surface area contributed by atoms with Gasteiger partial charge in [0.2, 0.25) is 0 Å². The molecule has 0 spiro atoms. The number of ether oxygens (including phenoxy) is 1. The van der Waals surface area contributed by atoms with Crippen LogP contribution in [0.1, 0.15) is 5.56 Å². The third-order valence-electron chi connectivity index (χ3n) is 2.60. The first-order valence-electron chi connectivity index (χ1n) is 5.37. The molecule has 2 N–H and O–H groups in total. The lowest BCUT2D eigenvalue weighted by atomic mass is 10.0. The summed E-state index contributed by atoms with van der Waals surface area (Å²) in [6.45, 7) is 0.538. The summed E-state index contributed by atoms with van der Waals surface area (Å²) in [5.74, 6) is 0.858. The van der Waals surface area contributed by atoms with Crippen LogP contribution in [0.3, 0.4) is 0 Å². The monoisotopic (exact) mass is 327 g/mol. The number of hydrogen-bond donors (Lipinski definition) is 1. The highest BCUT2D eigenvalue weighted by molar-refractivity contribution is 9.10.